The van der Waals surface area contributed by atoms with E-state index in [1.807, 2.05) is 20.9 Å². The van der Waals surface area contributed by atoms with E-state index in [9.17, 15) is 0 Å². The summed E-state index contributed by atoms with van der Waals surface area (Å²) in [6.45, 7) is 13.0. The molecule has 0 heterocycles. The Morgan fingerprint density at radius 1 is 0.735 bits per heavy atom. The van der Waals surface area contributed by atoms with Crippen molar-refractivity contribution in [2.24, 2.45) is 0 Å². The third-order valence-electron chi connectivity index (χ3n) is 4.91. The predicted octanol–water partition coefficient (Wildman–Crippen LogP) is 5.52. The highest BCUT2D eigenvalue weighted by molar-refractivity contribution is 5.56. The SMILES string of the molecule is C#CCOCCOCCOCCOCCOc1c(CCCC)cc(NC)cc1CCCC.CC. The number of ether oxygens (including phenoxy) is 5. The summed E-state index contributed by atoms with van der Waals surface area (Å²) < 4.78 is 27.9. The fourth-order valence-electron chi connectivity index (χ4n) is 3.18. The van der Waals surface area contributed by atoms with Crippen molar-refractivity contribution in [3.8, 4) is 18.1 Å². The Morgan fingerprint density at radius 3 is 1.59 bits per heavy atom. The van der Waals surface area contributed by atoms with Crippen molar-refractivity contribution in [1.82, 2.24) is 0 Å². The molecule has 0 aliphatic heterocycles. The normalized spacial score (nSPS) is 10.4. The molecule has 0 aromatic heterocycles. The van der Waals surface area contributed by atoms with Crippen LogP contribution in [0, 0.1) is 12.3 Å². The lowest BCUT2D eigenvalue weighted by molar-refractivity contribution is -0.00193. The number of hydrogen-bond acceptors (Lipinski definition) is 6. The Kier molecular flexibility index (Phi) is 23.1. The van der Waals surface area contributed by atoms with E-state index < -0.39 is 0 Å². The quantitative estimate of drug-likeness (QED) is 0.185. The van der Waals surface area contributed by atoms with Crippen LogP contribution in [-0.2, 0) is 31.8 Å². The summed E-state index contributed by atoms with van der Waals surface area (Å²) in [5.41, 5.74) is 3.74. The zero-order valence-corrected chi connectivity index (χ0v) is 22.4. The lowest BCUT2D eigenvalue weighted by atomic mass is 9.99. The van der Waals surface area contributed by atoms with Crippen LogP contribution in [-0.4, -0.2) is 66.5 Å². The number of aryl methyl sites for hydroxylation is 2. The van der Waals surface area contributed by atoms with Gasteiger partial charge >= 0.3 is 0 Å². The van der Waals surface area contributed by atoms with Crippen LogP contribution in [0.4, 0.5) is 5.69 Å². The van der Waals surface area contributed by atoms with Crippen LogP contribution in [0.25, 0.3) is 0 Å². The van der Waals surface area contributed by atoms with Gasteiger partial charge in [-0.3, -0.25) is 0 Å². The van der Waals surface area contributed by atoms with Crippen LogP contribution < -0.4 is 10.1 Å². The molecule has 0 aliphatic carbocycles. The molecule has 1 rings (SSSR count). The Balaban J connectivity index is 0.00000529. The van der Waals surface area contributed by atoms with Gasteiger partial charge in [0.1, 0.15) is 19.0 Å². The van der Waals surface area contributed by atoms with E-state index >= 15 is 0 Å². The summed E-state index contributed by atoms with van der Waals surface area (Å²) in [5.74, 6) is 3.46. The second kappa shape index (κ2) is 24.3. The maximum atomic E-state index is 6.22. The number of hydrogen-bond donors (Lipinski definition) is 1. The van der Waals surface area contributed by atoms with E-state index in [4.69, 9.17) is 30.1 Å². The van der Waals surface area contributed by atoms with Crippen LogP contribution in [0.1, 0.15) is 64.5 Å². The van der Waals surface area contributed by atoms with Gasteiger partial charge in [0, 0.05) is 12.7 Å². The number of anilines is 1. The lowest BCUT2D eigenvalue weighted by Gasteiger charge is -2.18. The van der Waals surface area contributed by atoms with Crippen molar-refractivity contribution in [2.75, 3.05) is 71.8 Å². The minimum absolute atomic E-state index is 0.322. The molecule has 0 amide bonds. The fraction of sp³-hybridized carbons (Fsp3) is 0.714. The largest absolute Gasteiger partial charge is 0.491 e. The molecule has 1 N–H and O–H groups in total. The highest BCUT2D eigenvalue weighted by Gasteiger charge is 2.12. The van der Waals surface area contributed by atoms with Crippen LogP contribution in [0.2, 0.25) is 0 Å². The smallest absolute Gasteiger partial charge is 0.125 e. The van der Waals surface area contributed by atoms with Gasteiger partial charge in [0.2, 0.25) is 0 Å². The molecule has 0 saturated carbocycles. The molecule has 0 spiro atoms. The van der Waals surface area contributed by atoms with Gasteiger partial charge < -0.3 is 29.0 Å². The topological polar surface area (TPSA) is 58.2 Å². The first kappa shape index (κ1) is 32.2. The molecule has 0 unspecified atom stereocenters. The van der Waals surface area contributed by atoms with Gasteiger partial charge in [-0.1, -0.05) is 46.5 Å². The van der Waals surface area contributed by atoms with E-state index in [1.165, 1.54) is 24.0 Å². The van der Waals surface area contributed by atoms with Crippen molar-refractivity contribution in [2.45, 2.75) is 66.2 Å². The van der Waals surface area contributed by atoms with Gasteiger partial charge in [-0.2, -0.15) is 0 Å². The summed E-state index contributed by atoms with van der Waals surface area (Å²) in [6.07, 6.45) is 11.8. The van der Waals surface area contributed by atoms with Crippen molar-refractivity contribution in [3.63, 3.8) is 0 Å². The van der Waals surface area contributed by atoms with Crippen molar-refractivity contribution in [1.29, 1.82) is 0 Å². The molecule has 34 heavy (non-hydrogen) atoms. The van der Waals surface area contributed by atoms with Gasteiger partial charge in [0.05, 0.1) is 46.2 Å². The zero-order valence-electron chi connectivity index (χ0n) is 22.4. The van der Waals surface area contributed by atoms with Crippen molar-refractivity contribution >= 4 is 5.69 Å². The number of nitrogens with one attached hydrogen (secondary N) is 1. The van der Waals surface area contributed by atoms with Crippen LogP contribution in [0.5, 0.6) is 5.75 Å². The van der Waals surface area contributed by atoms with Crippen molar-refractivity contribution in [3.05, 3.63) is 23.3 Å². The average Bonchev–Trinajstić information content (AvgIpc) is 2.87. The molecule has 0 atom stereocenters. The summed E-state index contributed by atoms with van der Waals surface area (Å²) in [6, 6.07) is 4.44. The minimum Gasteiger partial charge on any atom is -0.491 e. The lowest BCUT2D eigenvalue weighted by Crippen LogP contribution is -2.14. The number of rotatable bonds is 21. The van der Waals surface area contributed by atoms with E-state index in [2.05, 4.69) is 37.2 Å². The summed E-state index contributed by atoms with van der Waals surface area (Å²) in [4.78, 5) is 0. The summed E-state index contributed by atoms with van der Waals surface area (Å²) >= 11 is 0. The molecule has 6 nitrogen and oxygen atoms in total. The Labute approximate surface area is 209 Å². The number of unbranched alkanes of at least 4 members (excludes halogenated alkanes) is 2. The highest BCUT2D eigenvalue weighted by Crippen LogP contribution is 2.31. The van der Waals surface area contributed by atoms with Gasteiger partial charge in [-0.15, -0.1) is 6.42 Å². The molecule has 196 valence electrons. The third kappa shape index (κ3) is 16.0. The molecule has 6 heteroatoms. The van der Waals surface area contributed by atoms with Gasteiger partial charge in [-0.05, 0) is 48.9 Å². The van der Waals surface area contributed by atoms with E-state index in [0.717, 1.165) is 37.1 Å². The maximum absolute atomic E-state index is 6.22. The number of benzene rings is 1. The molecule has 1 aromatic rings. The Hall–Kier alpha value is -1.78. The molecule has 1 aromatic carbocycles. The summed E-state index contributed by atoms with van der Waals surface area (Å²) in [5, 5.41) is 3.29. The first-order valence-corrected chi connectivity index (χ1v) is 13.0. The van der Waals surface area contributed by atoms with Crippen molar-refractivity contribution < 1.29 is 23.7 Å². The van der Waals surface area contributed by atoms with Crippen LogP contribution in [0.15, 0.2) is 12.1 Å². The van der Waals surface area contributed by atoms with E-state index in [-0.39, 0.29) is 0 Å². The average molecular weight is 480 g/mol. The van der Waals surface area contributed by atoms with E-state index in [0.29, 0.717) is 59.5 Å². The predicted molar refractivity (Wildman–Crippen MR) is 142 cm³/mol. The second-order valence-corrected chi connectivity index (χ2v) is 7.52. The first-order chi connectivity index (χ1) is 16.8. The van der Waals surface area contributed by atoms with Gasteiger partial charge in [0.25, 0.3) is 0 Å². The molecule has 0 bridgehead atoms. The van der Waals surface area contributed by atoms with Crippen LogP contribution >= 0.6 is 0 Å². The van der Waals surface area contributed by atoms with Gasteiger partial charge in [-0.25, -0.2) is 0 Å². The van der Waals surface area contributed by atoms with Gasteiger partial charge in [0.15, 0.2) is 0 Å². The fourth-order valence-corrected chi connectivity index (χ4v) is 3.18. The molecular weight excluding hydrogens is 430 g/mol. The molecule has 0 fully saturated rings. The summed E-state index contributed by atoms with van der Waals surface area (Å²) in [7, 11) is 1.97. The van der Waals surface area contributed by atoms with Crippen LogP contribution in [0.3, 0.4) is 0 Å². The van der Waals surface area contributed by atoms with E-state index in [1.54, 1.807) is 0 Å². The second-order valence-electron chi connectivity index (χ2n) is 7.52. The monoisotopic (exact) mass is 479 g/mol. The highest BCUT2D eigenvalue weighted by atomic mass is 16.6. The first-order valence-electron chi connectivity index (χ1n) is 13.0. The molecule has 0 aliphatic rings. The molecule has 0 radical (unpaired) electrons. The number of terminal acetylenes is 1. The molecule has 0 saturated heterocycles. The standard InChI is InChI=1S/C26H43NO5.C2H6/c1-5-8-10-23-21-25(27-4)22-24(11-9-6-2)26(23)32-20-19-31-18-17-30-16-15-29-14-13-28-12-7-3;1-2/h3,21-22,27H,5-6,8-20H2,1-2,4H3;1-2H3. The minimum atomic E-state index is 0.322. The molecular formula is C28H49NO5. The Morgan fingerprint density at radius 2 is 1.18 bits per heavy atom. The maximum Gasteiger partial charge on any atom is 0.125 e. The third-order valence-corrected chi connectivity index (χ3v) is 4.91. The zero-order chi connectivity index (χ0) is 25.3. The Bertz CT molecular complexity index is 601.